The van der Waals surface area contributed by atoms with Gasteiger partial charge in [0, 0.05) is 18.1 Å². The lowest BCUT2D eigenvalue weighted by Crippen LogP contribution is -2.04. The minimum atomic E-state index is -0.153. The van der Waals surface area contributed by atoms with E-state index in [4.69, 9.17) is 21.7 Å². The summed E-state index contributed by atoms with van der Waals surface area (Å²) in [7, 11) is 0. The number of aromatic hydroxyl groups is 1. The van der Waals surface area contributed by atoms with E-state index < -0.39 is 0 Å². The van der Waals surface area contributed by atoms with Gasteiger partial charge in [-0.15, -0.1) is 0 Å². The number of thiocarbonyl (C=S) groups is 1. The average Bonchev–Trinajstić information content (AvgIpc) is 2.82. The monoisotopic (exact) mass is 448 g/mol. The van der Waals surface area contributed by atoms with Crippen molar-refractivity contribution in [3.05, 3.63) is 83.9 Å². The Bertz CT molecular complexity index is 1030. The summed E-state index contributed by atoms with van der Waals surface area (Å²) in [4.78, 5) is 11.9. The summed E-state index contributed by atoms with van der Waals surface area (Å²) in [6.07, 6.45) is 2.93. The third-order valence-electron chi connectivity index (χ3n) is 5.07. The Morgan fingerprint density at radius 1 is 0.906 bits per heavy atom. The quantitative estimate of drug-likeness (QED) is 0.161. The summed E-state index contributed by atoms with van der Waals surface area (Å²) in [6, 6.07) is 23.4. The van der Waals surface area contributed by atoms with Crippen LogP contribution in [0.3, 0.4) is 0 Å². The highest BCUT2D eigenvalue weighted by Gasteiger charge is 2.11. The van der Waals surface area contributed by atoms with Gasteiger partial charge in [0.1, 0.15) is 11.5 Å². The standard InChI is InChI=1S/C27H28O4S/c1-2-30-26(29)11-7-4-8-18-31-23-16-17-24(25(28)19-23)27(32)22-14-12-21(13-15-22)20-9-5-3-6-10-20/h3,5-6,9-10,12-17,19,28H,2,4,7-8,11,18H2,1H3. The summed E-state index contributed by atoms with van der Waals surface area (Å²) in [6.45, 7) is 2.75. The van der Waals surface area contributed by atoms with Gasteiger partial charge in [-0.25, -0.2) is 0 Å². The molecule has 32 heavy (non-hydrogen) atoms. The van der Waals surface area contributed by atoms with Gasteiger partial charge in [-0.05, 0) is 55.0 Å². The molecule has 0 aliphatic heterocycles. The van der Waals surface area contributed by atoms with Crippen molar-refractivity contribution >= 4 is 23.1 Å². The Morgan fingerprint density at radius 3 is 2.31 bits per heavy atom. The average molecular weight is 449 g/mol. The van der Waals surface area contributed by atoms with Gasteiger partial charge in [0.2, 0.25) is 0 Å². The van der Waals surface area contributed by atoms with Crippen LogP contribution in [-0.2, 0) is 9.53 Å². The third-order valence-corrected chi connectivity index (χ3v) is 5.52. The molecule has 0 bridgehead atoms. The van der Waals surface area contributed by atoms with Gasteiger partial charge in [0.15, 0.2) is 0 Å². The first kappa shape index (κ1) is 23.5. The molecule has 4 nitrogen and oxygen atoms in total. The number of unbranched alkanes of at least 4 members (excludes halogenated alkanes) is 2. The van der Waals surface area contributed by atoms with Crippen molar-refractivity contribution in [1.82, 2.24) is 0 Å². The van der Waals surface area contributed by atoms with Crippen LogP contribution < -0.4 is 4.74 Å². The molecular formula is C27H28O4S. The predicted molar refractivity (Wildman–Crippen MR) is 131 cm³/mol. The van der Waals surface area contributed by atoms with Crippen LogP contribution in [0.25, 0.3) is 11.1 Å². The zero-order valence-electron chi connectivity index (χ0n) is 18.3. The van der Waals surface area contributed by atoms with Gasteiger partial charge in [0.25, 0.3) is 0 Å². The predicted octanol–water partition coefficient (Wildman–Crippen LogP) is 6.33. The summed E-state index contributed by atoms with van der Waals surface area (Å²) < 4.78 is 10.6. The lowest BCUT2D eigenvalue weighted by molar-refractivity contribution is -0.143. The Kier molecular flexibility index (Phi) is 8.81. The Hall–Kier alpha value is -3.18. The van der Waals surface area contributed by atoms with E-state index in [1.165, 1.54) is 0 Å². The van der Waals surface area contributed by atoms with Crippen LogP contribution in [-0.4, -0.2) is 29.2 Å². The van der Waals surface area contributed by atoms with Crippen molar-refractivity contribution < 1.29 is 19.4 Å². The smallest absolute Gasteiger partial charge is 0.305 e. The molecule has 0 saturated heterocycles. The minimum Gasteiger partial charge on any atom is -0.507 e. The molecule has 3 rings (SSSR count). The van der Waals surface area contributed by atoms with E-state index in [2.05, 4.69) is 12.1 Å². The number of carbonyl (C=O) groups excluding carboxylic acids is 1. The summed E-state index contributed by atoms with van der Waals surface area (Å²) >= 11 is 5.61. The van der Waals surface area contributed by atoms with Gasteiger partial charge in [0.05, 0.1) is 18.1 Å². The molecule has 0 aromatic heterocycles. The number of phenolic OH excluding ortho intramolecular Hbond substituents is 1. The molecule has 0 spiro atoms. The maximum absolute atomic E-state index is 11.3. The van der Waals surface area contributed by atoms with Gasteiger partial charge in [-0.1, -0.05) is 66.8 Å². The Labute approximate surface area is 194 Å². The maximum Gasteiger partial charge on any atom is 0.305 e. The first-order chi connectivity index (χ1) is 15.6. The van der Waals surface area contributed by atoms with Crippen molar-refractivity contribution in [3.8, 4) is 22.6 Å². The minimum absolute atomic E-state index is 0.0990. The fraction of sp³-hybridized carbons (Fsp3) is 0.259. The molecule has 1 N–H and O–H groups in total. The zero-order chi connectivity index (χ0) is 22.8. The maximum atomic E-state index is 11.3. The largest absolute Gasteiger partial charge is 0.507 e. The van der Waals surface area contributed by atoms with E-state index in [0.717, 1.165) is 36.0 Å². The lowest BCUT2D eigenvalue weighted by atomic mass is 9.99. The molecule has 3 aromatic carbocycles. The second-order valence-electron chi connectivity index (χ2n) is 7.42. The second kappa shape index (κ2) is 12.0. The van der Waals surface area contributed by atoms with Gasteiger partial charge in [-0.3, -0.25) is 4.79 Å². The molecule has 5 heteroatoms. The van der Waals surface area contributed by atoms with Crippen molar-refractivity contribution in [2.75, 3.05) is 13.2 Å². The molecule has 0 amide bonds. The van der Waals surface area contributed by atoms with E-state index >= 15 is 0 Å². The van der Waals surface area contributed by atoms with Crippen molar-refractivity contribution in [3.63, 3.8) is 0 Å². The van der Waals surface area contributed by atoms with Crippen molar-refractivity contribution in [2.24, 2.45) is 0 Å². The highest BCUT2D eigenvalue weighted by molar-refractivity contribution is 7.81. The number of carbonyl (C=O) groups is 1. The molecule has 0 saturated carbocycles. The zero-order valence-corrected chi connectivity index (χ0v) is 19.1. The number of benzene rings is 3. The first-order valence-corrected chi connectivity index (χ1v) is 11.3. The molecule has 0 fully saturated rings. The third kappa shape index (κ3) is 6.66. The lowest BCUT2D eigenvalue weighted by Gasteiger charge is -2.11. The first-order valence-electron chi connectivity index (χ1n) is 10.9. The van der Waals surface area contributed by atoms with Gasteiger partial charge >= 0.3 is 5.97 Å². The number of hydrogen-bond donors (Lipinski definition) is 1. The van der Waals surface area contributed by atoms with Crippen LogP contribution in [0.15, 0.2) is 72.8 Å². The molecule has 0 aliphatic rings. The number of hydrogen-bond acceptors (Lipinski definition) is 5. The Balaban J connectivity index is 1.52. The number of ether oxygens (including phenoxy) is 2. The van der Waals surface area contributed by atoms with Crippen LogP contribution in [0.5, 0.6) is 11.5 Å². The van der Waals surface area contributed by atoms with Crippen molar-refractivity contribution in [2.45, 2.75) is 32.6 Å². The molecular weight excluding hydrogens is 420 g/mol. The van der Waals surface area contributed by atoms with E-state index in [9.17, 15) is 9.90 Å². The van der Waals surface area contributed by atoms with Crippen LogP contribution in [0.4, 0.5) is 0 Å². The van der Waals surface area contributed by atoms with E-state index in [1.54, 1.807) is 19.1 Å². The molecule has 0 unspecified atom stereocenters. The molecule has 3 aromatic rings. The molecule has 0 radical (unpaired) electrons. The normalized spacial score (nSPS) is 10.5. The van der Waals surface area contributed by atoms with Gasteiger partial charge in [-0.2, -0.15) is 0 Å². The van der Waals surface area contributed by atoms with Crippen LogP contribution >= 0.6 is 12.2 Å². The molecule has 0 atom stereocenters. The summed E-state index contributed by atoms with van der Waals surface area (Å²) in [5.74, 6) is 0.542. The summed E-state index contributed by atoms with van der Waals surface area (Å²) in [5, 5.41) is 10.5. The fourth-order valence-corrected chi connectivity index (χ4v) is 3.67. The summed E-state index contributed by atoms with van der Waals surface area (Å²) in [5.41, 5.74) is 3.75. The van der Waals surface area contributed by atoms with Crippen molar-refractivity contribution in [1.29, 1.82) is 0 Å². The van der Waals surface area contributed by atoms with Gasteiger partial charge < -0.3 is 14.6 Å². The van der Waals surface area contributed by atoms with Crippen LogP contribution in [0, 0.1) is 0 Å². The topological polar surface area (TPSA) is 55.8 Å². The van der Waals surface area contributed by atoms with Crippen LogP contribution in [0.1, 0.15) is 43.7 Å². The second-order valence-corrected chi connectivity index (χ2v) is 7.82. The van der Waals surface area contributed by atoms with E-state index in [-0.39, 0.29) is 11.7 Å². The number of phenols is 1. The highest BCUT2D eigenvalue weighted by Crippen LogP contribution is 2.28. The number of esters is 1. The highest BCUT2D eigenvalue weighted by atomic mass is 32.1. The fourth-order valence-electron chi connectivity index (χ4n) is 3.36. The Morgan fingerprint density at radius 2 is 1.62 bits per heavy atom. The molecule has 0 heterocycles. The number of rotatable bonds is 11. The van der Waals surface area contributed by atoms with E-state index in [1.807, 2.05) is 48.5 Å². The SMILES string of the molecule is CCOC(=O)CCCCCOc1ccc(C(=S)c2ccc(-c3ccccc3)cc2)c(O)c1. The van der Waals surface area contributed by atoms with E-state index in [0.29, 0.717) is 35.8 Å². The van der Waals surface area contributed by atoms with Crippen LogP contribution in [0.2, 0.25) is 0 Å². The molecule has 0 aliphatic carbocycles. The molecule has 166 valence electrons.